The van der Waals surface area contributed by atoms with E-state index in [1.807, 2.05) is 61.5 Å². The quantitative estimate of drug-likeness (QED) is 0.239. The number of carboxylic acids is 1. The maximum Gasteiger partial charge on any atom is 0.329 e. The Labute approximate surface area is 234 Å². The number of hydrogen-bond donors (Lipinski definition) is 2. The van der Waals surface area contributed by atoms with E-state index in [0.717, 1.165) is 65.5 Å². The zero-order valence-electron chi connectivity index (χ0n) is 22.8. The highest BCUT2D eigenvalue weighted by Crippen LogP contribution is 2.37. The van der Waals surface area contributed by atoms with E-state index < -0.39 is 11.5 Å². The van der Waals surface area contributed by atoms with Crippen LogP contribution in [-0.2, 0) is 16.1 Å². The molecular weight excluding hydrogens is 502 g/mol. The normalized spacial score (nSPS) is 14.5. The summed E-state index contributed by atoms with van der Waals surface area (Å²) in [6.07, 6.45) is 5.64. The predicted molar refractivity (Wildman–Crippen MR) is 154 cm³/mol. The van der Waals surface area contributed by atoms with Gasteiger partial charge in [-0.05, 0) is 64.4 Å². The van der Waals surface area contributed by atoms with Crippen LogP contribution in [0.25, 0.3) is 33.6 Å². The van der Waals surface area contributed by atoms with E-state index in [9.17, 15) is 14.7 Å². The second-order valence-corrected chi connectivity index (χ2v) is 10.5. The average Bonchev–Trinajstić information content (AvgIpc) is 3.54. The lowest BCUT2D eigenvalue weighted by molar-refractivity contribution is -0.163. The van der Waals surface area contributed by atoms with Gasteiger partial charge in [-0.25, -0.2) is 4.79 Å². The van der Waals surface area contributed by atoms with Gasteiger partial charge in [-0.2, -0.15) is 5.21 Å². The lowest BCUT2D eigenvalue weighted by Gasteiger charge is -2.43. The summed E-state index contributed by atoms with van der Waals surface area (Å²) in [6.45, 7) is 2.32. The Bertz CT molecular complexity index is 1430. The molecule has 0 atom stereocenters. The van der Waals surface area contributed by atoms with Crippen LogP contribution in [0.2, 0.25) is 0 Å². The van der Waals surface area contributed by atoms with Crippen molar-refractivity contribution in [1.29, 1.82) is 0 Å². The summed E-state index contributed by atoms with van der Waals surface area (Å²) < 4.78 is 0. The van der Waals surface area contributed by atoms with Crippen LogP contribution in [0.5, 0.6) is 0 Å². The first-order valence-corrected chi connectivity index (χ1v) is 14.1. The molecule has 1 aromatic heterocycles. The number of carbonyl (C=O) groups is 2. The summed E-state index contributed by atoms with van der Waals surface area (Å²) in [5.41, 5.74) is 4.71. The van der Waals surface area contributed by atoms with Crippen LogP contribution in [0.4, 0.5) is 0 Å². The van der Waals surface area contributed by atoms with Crippen LogP contribution in [0.1, 0.15) is 63.9 Å². The number of tetrazole rings is 1. The minimum absolute atomic E-state index is 0.0785. The summed E-state index contributed by atoms with van der Waals surface area (Å²) in [4.78, 5) is 27.7. The summed E-state index contributed by atoms with van der Waals surface area (Å²) in [5, 5.41) is 25.0. The third kappa shape index (κ3) is 5.66. The van der Waals surface area contributed by atoms with Crippen LogP contribution >= 0.6 is 0 Å². The van der Waals surface area contributed by atoms with E-state index in [0.29, 0.717) is 25.1 Å². The number of carboxylic acid groups (broad SMARTS) is 1. The number of nitrogens with zero attached hydrogens (tertiary/aromatic N) is 4. The van der Waals surface area contributed by atoms with Crippen molar-refractivity contribution in [2.75, 3.05) is 0 Å². The number of benzene rings is 3. The summed E-state index contributed by atoms with van der Waals surface area (Å²) in [6, 6.07) is 24.4. The highest BCUT2D eigenvalue weighted by atomic mass is 16.4. The van der Waals surface area contributed by atoms with E-state index in [1.54, 1.807) is 4.90 Å². The third-order valence-corrected chi connectivity index (χ3v) is 7.96. The number of hydrogen-bond acceptors (Lipinski definition) is 5. The average molecular weight is 538 g/mol. The Balaban J connectivity index is 1.49. The van der Waals surface area contributed by atoms with Gasteiger partial charge in [0.25, 0.3) is 0 Å². The Morgan fingerprint density at radius 1 is 0.900 bits per heavy atom. The molecule has 1 aliphatic carbocycles. The number of nitrogens with one attached hydrogen (secondary N) is 1. The highest BCUT2D eigenvalue weighted by Gasteiger charge is 2.46. The number of carbonyl (C=O) groups excluding carboxylic acids is 1. The van der Waals surface area contributed by atoms with Gasteiger partial charge < -0.3 is 10.0 Å². The topological polar surface area (TPSA) is 112 Å². The molecule has 1 amide bonds. The minimum Gasteiger partial charge on any atom is -0.479 e. The van der Waals surface area contributed by atoms with Crippen molar-refractivity contribution < 1.29 is 14.7 Å². The van der Waals surface area contributed by atoms with Gasteiger partial charge in [0.2, 0.25) is 11.7 Å². The Kier molecular flexibility index (Phi) is 8.34. The smallest absolute Gasteiger partial charge is 0.329 e. The zero-order chi connectivity index (χ0) is 28.0. The maximum absolute atomic E-state index is 13.4. The number of aromatic nitrogens is 4. The fourth-order valence-electron chi connectivity index (χ4n) is 5.71. The van der Waals surface area contributed by atoms with Gasteiger partial charge >= 0.3 is 5.97 Å². The molecule has 0 radical (unpaired) electrons. The summed E-state index contributed by atoms with van der Waals surface area (Å²) in [7, 11) is 0. The van der Waals surface area contributed by atoms with Gasteiger partial charge in [0.1, 0.15) is 5.54 Å². The lowest BCUT2D eigenvalue weighted by Crippen LogP contribution is -2.57. The fourth-order valence-corrected chi connectivity index (χ4v) is 5.71. The molecule has 4 aromatic rings. The second kappa shape index (κ2) is 12.2. The Morgan fingerprint density at radius 3 is 2.27 bits per heavy atom. The summed E-state index contributed by atoms with van der Waals surface area (Å²) in [5.74, 6) is -0.464. The molecule has 2 N–H and O–H groups in total. The molecule has 5 rings (SSSR count). The molecule has 8 nitrogen and oxygen atoms in total. The van der Waals surface area contributed by atoms with Crippen molar-refractivity contribution in [3.05, 3.63) is 78.4 Å². The monoisotopic (exact) mass is 537 g/mol. The molecule has 0 saturated heterocycles. The van der Waals surface area contributed by atoms with Crippen molar-refractivity contribution in [2.45, 2.75) is 70.4 Å². The van der Waals surface area contributed by atoms with Gasteiger partial charge in [-0.15, -0.1) is 10.2 Å². The first kappa shape index (κ1) is 27.2. The molecule has 0 aliphatic heterocycles. The molecule has 1 aliphatic rings. The van der Waals surface area contributed by atoms with Crippen molar-refractivity contribution in [2.24, 2.45) is 0 Å². The number of aromatic amines is 1. The number of unbranched alkanes of at least 4 members (excludes halogenated alkanes) is 1. The Morgan fingerprint density at radius 2 is 1.62 bits per heavy atom. The predicted octanol–water partition coefficient (Wildman–Crippen LogP) is 6.51. The van der Waals surface area contributed by atoms with E-state index in [2.05, 4.69) is 38.8 Å². The second-order valence-electron chi connectivity index (χ2n) is 10.5. The maximum atomic E-state index is 13.4. The first-order chi connectivity index (χ1) is 19.5. The van der Waals surface area contributed by atoms with Crippen molar-refractivity contribution in [3.8, 4) is 33.6 Å². The van der Waals surface area contributed by atoms with Crippen LogP contribution in [-0.4, -0.2) is 48.0 Å². The van der Waals surface area contributed by atoms with Gasteiger partial charge in [0.15, 0.2) is 0 Å². The molecule has 206 valence electrons. The standard InChI is InChI=1S/C32H35N5O3/c1-2-3-12-29(38)37(32(31(39)40)19-8-5-9-20-32)22-23-13-15-25(16-14-23)28-21-26(24-10-6-4-7-11-24)17-18-27(28)30-33-35-36-34-30/h4,6-7,10-11,13-18,21H,2-3,5,8-9,12,19-20,22H2,1H3,(H,39,40)(H,33,34,35,36). The van der Waals surface area contributed by atoms with Crippen LogP contribution in [0.3, 0.4) is 0 Å². The fraction of sp³-hybridized carbons (Fsp3) is 0.344. The molecule has 0 spiro atoms. The summed E-state index contributed by atoms with van der Waals surface area (Å²) >= 11 is 0. The molecule has 40 heavy (non-hydrogen) atoms. The highest BCUT2D eigenvalue weighted by molar-refractivity contribution is 5.87. The third-order valence-electron chi connectivity index (χ3n) is 7.96. The minimum atomic E-state index is -1.14. The van der Waals surface area contributed by atoms with Gasteiger partial charge in [-0.3, -0.25) is 4.79 Å². The van der Waals surface area contributed by atoms with Crippen LogP contribution in [0.15, 0.2) is 72.8 Å². The molecule has 1 saturated carbocycles. The Hall–Kier alpha value is -4.33. The zero-order valence-corrected chi connectivity index (χ0v) is 22.8. The molecule has 8 heteroatoms. The number of H-pyrrole nitrogens is 1. The van der Waals surface area contributed by atoms with Crippen molar-refractivity contribution >= 4 is 11.9 Å². The largest absolute Gasteiger partial charge is 0.479 e. The molecular formula is C32H35N5O3. The van der Waals surface area contributed by atoms with Crippen molar-refractivity contribution in [3.63, 3.8) is 0 Å². The number of aliphatic carboxylic acids is 1. The molecule has 1 fully saturated rings. The SMILES string of the molecule is CCCCC(=O)N(Cc1ccc(-c2cc(-c3ccccc3)ccc2-c2nn[nH]n2)cc1)C1(C(=O)O)CCCCC1. The lowest BCUT2D eigenvalue weighted by atomic mass is 9.79. The first-order valence-electron chi connectivity index (χ1n) is 14.1. The van der Waals surface area contributed by atoms with E-state index in [-0.39, 0.29) is 12.5 Å². The van der Waals surface area contributed by atoms with Gasteiger partial charge in [0.05, 0.1) is 0 Å². The van der Waals surface area contributed by atoms with Gasteiger partial charge in [0, 0.05) is 18.5 Å². The van der Waals surface area contributed by atoms with E-state index in [4.69, 9.17) is 0 Å². The van der Waals surface area contributed by atoms with Crippen molar-refractivity contribution in [1.82, 2.24) is 25.5 Å². The van der Waals surface area contributed by atoms with Crippen LogP contribution in [0, 0.1) is 0 Å². The number of amides is 1. The molecule has 1 heterocycles. The number of rotatable bonds is 10. The molecule has 3 aromatic carbocycles. The van der Waals surface area contributed by atoms with E-state index in [1.165, 1.54) is 0 Å². The molecule has 0 unspecified atom stereocenters. The van der Waals surface area contributed by atoms with Gasteiger partial charge in [-0.1, -0.05) is 93.3 Å². The van der Waals surface area contributed by atoms with E-state index >= 15 is 0 Å². The molecule has 0 bridgehead atoms. The van der Waals surface area contributed by atoms with Crippen LogP contribution < -0.4 is 0 Å².